The summed E-state index contributed by atoms with van der Waals surface area (Å²) in [5.41, 5.74) is 2.99. The molecule has 1 amide bonds. The third-order valence-corrected chi connectivity index (χ3v) is 3.98. The van der Waals surface area contributed by atoms with E-state index >= 15 is 0 Å². The second-order valence-corrected chi connectivity index (χ2v) is 5.83. The van der Waals surface area contributed by atoms with Gasteiger partial charge >= 0.3 is 0 Å². The molecule has 6 heteroatoms. The third kappa shape index (κ3) is 3.08. The molecule has 0 aliphatic heterocycles. The molecule has 1 N–H and O–H groups in total. The Balaban J connectivity index is 1.76. The number of amides is 1. The predicted molar refractivity (Wildman–Crippen MR) is 88.7 cm³/mol. The van der Waals surface area contributed by atoms with E-state index in [1.54, 1.807) is 35.0 Å². The maximum atomic E-state index is 12.2. The fourth-order valence-corrected chi connectivity index (χ4v) is 2.55. The number of pyridine rings is 1. The Kier molecular flexibility index (Phi) is 4.05. The molecule has 0 aliphatic rings. The zero-order valence-electron chi connectivity index (χ0n) is 11.8. The molecule has 112 valence electrons. The summed E-state index contributed by atoms with van der Waals surface area (Å²) in [7, 11) is 0. The number of imidazole rings is 1. The third-order valence-electron chi connectivity index (χ3n) is 3.35. The average Bonchev–Trinajstić information content (AvgIpc) is 2.85. The van der Waals surface area contributed by atoms with Gasteiger partial charge in [-0.05, 0) is 36.8 Å². The van der Waals surface area contributed by atoms with Crippen LogP contribution in [0.5, 0.6) is 0 Å². The molecule has 0 atom stereocenters. The summed E-state index contributed by atoms with van der Waals surface area (Å²) < 4.78 is 1.80. The van der Waals surface area contributed by atoms with Gasteiger partial charge in [0.05, 0.1) is 17.1 Å². The molecule has 0 spiro atoms. The van der Waals surface area contributed by atoms with Crippen molar-refractivity contribution in [2.75, 3.05) is 5.32 Å². The number of nitrogens with zero attached hydrogens (tertiary/aromatic N) is 2. The van der Waals surface area contributed by atoms with Crippen LogP contribution in [0.25, 0.3) is 5.65 Å². The van der Waals surface area contributed by atoms with Crippen LogP contribution in [0.3, 0.4) is 0 Å². The van der Waals surface area contributed by atoms with Gasteiger partial charge in [0.15, 0.2) is 0 Å². The Labute approximate surface area is 137 Å². The van der Waals surface area contributed by atoms with Crippen molar-refractivity contribution >= 4 is 40.4 Å². The number of anilines is 1. The zero-order valence-corrected chi connectivity index (χ0v) is 13.3. The monoisotopic (exact) mass is 333 g/mol. The minimum Gasteiger partial charge on any atom is -0.325 e. The van der Waals surface area contributed by atoms with Crippen LogP contribution in [0.4, 0.5) is 5.69 Å². The van der Waals surface area contributed by atoms with Gasteiger partial charge in [0.25, 0.3) is 0 Å². The highest BCUT2D eigenvalue weighted by atomic mass is 35.5. The Morgan fingerprint density at radius 3 is 2.86 bits per heavy atom. The summed E-state index contributed by atoms with van der Waals surface area (Å²) in [4.78, 5) is 16.6. The summed E-state index contributed by atoms with van der Waals surface area (Å²) in [5.74, 6) is -0.139. The minimum atomic E-state index is -0.139. The molecule has 3 aromatic rings. The van der Waals surface area contributed by atoms with Crippen LogP contribution < -0.4 is 5.32 Å². The van der Waals surface area contributed by atoms with Crippen LogP contribution >= 0.6 is 23.2 Å². The van der Waals surface area contributed by atoms with Crippen molar-refractivity contribution in [3.63, 3.8) is 0 Å². The highest BCUT2D eigenvalue weighted by Gasteiger charge is 2.10. The van der Waals surface area contributed by atoms with Gasteiger partial charge in [0.2, 0.25) is 5.91 Å². The Hall–Kier alpha value is -2.04. The lowest BCUT2D eigenvalue weighted by Gasteiger charge is -2.08. The Bertz CT molecular complexity index is 858. The molecular formula is C16H13Cl2N3O. The average molecular weight is 334 g/mol. The number of benzene rings is 1. The first kappa shape index (κ1) is 14.9. The molecule has 0 bridgehead atoms. The van der Waals surface area contributed by atoms with E-state index in [0.29, 0.717) is 21.4 Å². The number of nitrogens with one attached hydrogen (secondary N) is 1. The molecule has 0 saturated heterocycles. The lowest BCUT2D eigenvalue weighted by Crippen LogP contribution is -2.15. The maximum absolute atomic E-state index is 12.2. The fraction of sp³-hybridized carbons (Fsp3) is 0.125. The first-order valence-corrected chi connectivity index (χ1v) is 7.46. The predicted octanol–water partition coefficient (Wildman–Crippen LogP) is 4.13. The van der Waals surface area contributed by atoms with Crippen LogP contribution in [0.2, 0.25) is 10.0 Å². The SMILES string of the molecule is Cc1c(Cl)cccc1NC(=O)Cc1cn2cc(Cl)ccc2n1. The van der Waals surface area contributed by atoms with Gasteiger partial charge in [-0.15, -0.1) is 0 Å². The number of aromatic nitrogens is 2. The molecule has 3 rings (SSSR count). The minimum absolute atomic E-state index is 0.139. The smallest absolute Gasteiger partial charge is 0.230 e. The summed E-state index contributed by atoms with van der Waals surface area (Å²) >= 11 is 12.0. The standard InChI is InChI=1S/C16H13Cl2N3O/c1-10-13(18)3-2-4-14(10)20-16(22)7-12-9-21-8-11(17)5-6-15(21)19-12/h2-6,8-9H,7H2,1H3,(H,20,22). The van der Waals surface area contributed by atoms with E-state index in [4.69, 9.17) is 23.2 Å². The van der Waals surface area contributed by atoms with Crippen molar-refractivity contribution in [3.05, 3.63) is 64.0 Å². The summed E-state index contributed by atoms with van der Waals surface area (Å²) in [6.07, 6.45) is 3.74. The van der Waals surface area contributed by atoms with Crippen LogP contribution in [-0.2, 0) is 11.2 Å². The molecule has 0 aliphatic carbocycles. The molecule has 2 aromatic heterocycles. The van der Waals surface area contributed by atoms with E-state index in [1.807, 2.05) is 19.1 Å². The van der Waals surface area contributed by atoms with E-state index in [0.717, 1.165) is 11.2 Å². The largest absolute Gasteiger partial charge is 0.325 e. The highest BCUT2D eigenvalue weighted by Crippen LogP contribution is 2.23. The second-order valence-electron chi connectivity index (χ2n) is 4.98. The van der Waals surface area contributed by atoms with E-state index in [9.17, 15) is 4.79 Å². The van der Waals surface area contributed by atoms with Crippen LogP contribution in [0.1, 0.15) is 11.3 Å². The van der Waals surface area contributed by atoms with Gasteiger partial charge in [0.1, 0.15) is 5.65 Å². The van der Waals surface area contributed by atoms with Gasteiger partial charge in [-0.3, -0.25) is 4.79 Å². The molecule has 0 radical (unpaired) electrons. The van der Waals surface area contributed by atoms with Gasteiger partial charge in [-0.2, -0.15) is 0 Å². The number of hydrogen-bond acceptors (Lipinski definition) is 2. The van der Waals surface area contributed by atoms with E-state index in [2.05, 4.69) is 10.3 Å². The van der Waals surface area contributed by atoms with Gasteiger partial charge in [0, 0.05) is 23.1 Å². The summed E-state index contributed by atoms with van der Waals surface area (Å²) in [6, 6.07) is 8.99. The first-order valence-electron chi connectivity index (χ1n) is 6.71. The molecule has 4 nitrogen and oxygen atoms in total. The molecule has 22 heavy (non-hydrogen) atoms. The molecule has 2 heterocycles. The van der Waals surface area contributed by atoms with Crippen molar-refractivity contribution in [1.82, 2.24) is 9.38 Å². The highest BCUT2D eigenvalue weighted by molar-refractivity contribution is 6.31. The molecule has 0 saturated carbocycles. The number of halogens is 2. The van der Waals surface area contributed by atoms with Crippen LogP contribution in [-0.4, -0.2) is 15.3 Å². The topological polar surface area (TPSA) is 46.4 Å². The van der Waals surface area contributed by atoms with Gasteiger partial charge < -0.3 is 9.72 Å². The fourth-order valence-electron chi connectivity index (χ4n) is 2.20. The summed E-state index contributed by atoms with van der Waals surface area (Å²) in [6.45, 7) is 1.87. The maximum Gasteiger partial charge on any atom is 0.230 e. The van der Waals surface area contributed by atoms with Crippen LogP contribution in [0.15, 0.2) is 42.7 Å². The molecular weight excluding hydrogens is 321 g/mol. The van der Waals surface area contributed by atoms with Crippen molar-refractivity contribution in [2.45, 2.75) is 13.3 Å². The van der Waals surface area contributed by atoms with Crippen molar-refractivity contribution in [2.24, 2.45) is 0 Å². The second kappa shape index (κ2) is 5.99. The quantitative estimate of drug-likeness (QED) is 0.783. The summed E-state index contributed by atoms with van der Waals surface area (Å²) in [5, 5.41) is 4.10. The normalized spacial score (nSPS) is 10.9. The van der Waals surface area contributed by atoms with E-state index in [-0.39, 0.29) is 12.3 Å². The molecule has 0 fully saturated rings. The first-order chi connectivity index (χ1) is 10.5. The lowest BCUT2D eigenvalue weighted by molar-refractivity contribution is -0.115. The van der Waals surface area contributed by atoms with Gasteiger partial charge in [-0.25, -0.2) is 4.98 Å². The van der Waals surface area contributed by atoms with E-state index in [1.165, 1.54) is 0 Å². The number of carbonyl (C=O) groups is 1. The number of carbonyl (C=O) groups excluding carboxylic acids is 1. The van der Waals surface area contributed by atoms with Crippen molar-refractivity contribution in [3.8, 4) is 0 Å². The van der Waals surface area contributed by atoms with Crippen LogP contribution in [0, 0.1) is 6.92 Å². The Morgan fingerprint density at radius 1 is 1.23 bits per heavy atom. The van der Waals surface area contributed by atoms with Crippen molar-refractivity contribution < 1.29 is 4.79 Å². The number of fused-ring (bicyclic) bond motifs is 1. The molecule has 1 aromatic carbocycles. The molecule has 0 unspecified atom stereocenters. The number of rotatable bonds is 3. The van der Waals surface area contributed by atoms with Crippen molar-refractivity contribution in [1.29, 1.82) is 0 Å². The lowest BCUT2D eigenvalue weighted by atomic mass is 10.2. The Morgan fingerprint density at radius 2 is 2.05 bits per heavy atom. The number of hydrogen-bond donors (Lipinski definition) is 1. The zero-order chi connectivity index (χ0) is 15.7. The van der Waals surface area contributed by atoms with Gasteiger partial charge in [-0.1, -0.05) is 29.3 Å². The van der Waals surface area contributed by atoms with E-state index < -0.39 is 0 Å².